The summed E-state index contributed by atoms with van der Waals surface area (Å²) in [5, 5.41) is 15.5. The quantitative estimate of drug-likeness (QED) is 0.195. The molecule has 0 amide bonds. The summed E-state index contributed by atoms with van der Waals surface area (Å²) >= 11 is 1.88. The number of aromatic nitrogens is 2. The summed E-state index contributed by atoms with van der Waals surface area (Å²) in [4.78, 5) is 4.57. The molecule has 0 spiro atoms. The van der Waals surface area contributed by atoms with Gasteiger partial charge in [-0.05, 0) is 56.6 Å². The largest absolute Gasteiger partial charge is 0.308 e. The molecule has 10 aromatic rings. The summed E-state index contributed by atoms with van der Waals surface area (Å²) in [5.41, 5.74) is 3.73. The molecule has 0 N–H and O–H groups in total. The lowest BCUT2D eigenvalue weighted by Gasteiger charge is -2.17. The van der Waals surface area contributed by atoms with Gasteiger partial charge in [0.1, 0.15) is 0 Å². The van der Waals surface area contributed by atoms with Crippen molar-refractivity contribution in [2.24, 2.45) is 0 Å². The zero-order chi connectivity index (χ0) is 25.9. The smallest absolute Gasteiger partial charge is 0.0640 e. The Balaban J connectivity index is 1.52. The second-order valence-electron chi connectivity index (χ2n) is 10.7. The van der Waals surface area contributed by atoms with E-state index < -0.39 is 0 Å². The Bertz CT molecular complexity index is 2640. The van der Waals surface area contributed by atoms with E-state index in [1.807, 2.05) is 17.5 Å². The molecule has 0 saturated heterocycles. The number of hydrogen-bond donors (Lipinski definition) is 0. The Labute approximate surface area is 232 Å². The van der Waals surface area contributed by atoms with Crippen molar-refractivity contribution in [1.29, 1.82) is 0 Å². The van der Waals surface area contributed by atoms with Crippen molar-refractivity contribution in [2.45, 2.75) is 0 Å². The number of hydrogen-bond acceptors (Lipinski definition) is 2. The molecule has 0 unspecified atom stereocenters. The average molecular weight is 525 g/mol. The standard InChI is InChI=1S/C37H20N2S/c1-3-10-29-25(8-1)34-24-18-19-38-20-28(24)37-35(27-9-2-4-11-31(27)40-37)36(34)39(29)30-17-15-23-13-12-21-6-5-7-22-14-16-26(30)33(23)32(21)22/h1-20H. The van der Waals surface area contributed by atoms with Crippen LogP contribution in [0.2, 0.25) is 0 Å². The van der Waals surface area contributed by atoms with Crippen LogP contribution in [0.4, 0.5) is 0 Å². The highest BCUT2D eigenvalue weighted by molar-refractivity contribution is 7.27. The monoisotopic (exact) mass is 524 g/mol. The summed E-state index contributed by atoms with van der Waals surface area (Å²) < 4.78 is 5.15. The fraction of sp³-hybridized carbons (Fsp3) is 0. The Morgan fingerprint density at radius 3 is 2.15 bits per heavy atom. The van der Waals surface area contributed by atoms with Crippen molar-refractivity contribution in [1.82, 2.24) is 9.55 Å². The predicted octanol–water partition coefficient (Wildman–Crippen LogP) is 10.6. The Kier molecular flexibility index (Phi) is 3.84. The van der Waals surface area contributed by atoms with Gasteiger partial charge in [0.05, 0.1) is 16.7 Å². The minimum atomic E-state index is 1.22. The molecule has 2 nitrogen and oxygen atoms in total. The third-order valence-electron chi connectivity index (χ3n) is 8.79. The van der Waals surface area contributed by atoms with Gasteiger partial charge in [-0.15, -0.1) is 11.3 Å². The van der Waals surface area contributed by atoms with Crippen LogP contribution in [0.25, 0.3) is 90.8 Å². The number of fused-ring (bicyclic) bond motifs is 10. The molecular weight excluding hydrogens is 504 g/mol. The molecule has 184 valence electrons. The fourth-order valence-electron chi connectivity index (χ4n) is 7.18. The number of thiophene rings is 1. The first-order valence-electron chi connectivity index (χ1n) is 13.6. The molecule has 0 fully saturated rings. The molecule has 3 aromatic heterocycles. The van der Waals surface area contributed by atoms with E-state index in [1.54, 1.807) is 0 Å². The van der Waals surface area contributed by atoms with Gasteiger partial charge in [0.15, 0.2) is 0 Å². The maximum Gasteiger partial charge on any atom is 0.0640 e. The van der Waals surface area contributed by atoms with E-state index in [2.05, 4.69) is 125 Å². The summed E-state index contributed by atoms with van der Waals surface area (Å²) in [6, 6.07) is 40.3. The van der Waals surface area contributed by atoms with E-state index >= 15 is 0 Å². The highest BCUT2D eigenvalue weighted by Crippen LogP contribution is 2.48. The minimum absolute atomic E-state index is 1.22. The normalized spacial score (nSPS) is 12.5. The number of benzene rings is 7. The van der Waals surface area contributed by atoms with E-state index in [-0.39, 0.29) is 0 Å². The lowest BCUT2D eigenvalue weighted by atomic mass is 9.93. The first-order valence-corrected chi connectivity index (χ1v) is 14.5. The van der Waals surface area contributed by atoms with Crippen molar-refractivity contribution in [3.05, 3.63) is 122 Å². The van der Waals surface area contributed by atoms with Gasteiger partial charge in [-0.2, -0.15) is 0 Å². The molecular formula is C37H20N2S. The van der Waals surface area contributed by atoms with Crippen LogP contribution in [0.3, 0.4) is 0 Å². The molecule has 7 aromatic carbocycles. The van der Waals surface area contributed by atoms with Crippen LogP contribution >= 0.6 is 11.3 Å². The van der Waals surface area contributed by atoms with Gasteiger partial charge in [-0.1, -0.05) is 84.9 Å². The molecule has 0 aliphatic heterocycles. The van der Waals surface area contributed by atoms with Crippen LogP contribution in [0, 0.1) is 0 Å². The van der Waals surface area contributed by atoms with E-state index in [1.165, 1.54) is 90.8 Å². The highest BCUT2D eigenvalue weighted by Gasteiger charge is 2.23. The van der Waals surface area contributed by atoms with Crippen LogP contribution in [0.5, 0.6) is 0 Å². The van der Waals surface area contributed by atoms with Crippen molar-refractivity contribution in [2.75, 3.05) is 0 Å². The van der Waals surface area contributed by atoms with Crippen LogP contribution in [0.1, 0.15) is 0 Å². The van der Waals surface area contributed by atoms with Gasteiger partial charge in [-0.25, -0.2) is 0 Å². The zero-order valence-corrected chi connectivity index (χ0v) is 22.2. The first kappa shape index (κ1) is 20.9. The van der Waals surface area contributed by atoms with E-state index in [4.69, 9.17) is 0 Å². The molecule has 0 aliphatic rings. The van der Waals surface area contributed by atoms with E-state index in [0.717, 1.165) is 0 Å². The first-order chi connectivity index (χ1) is 19.9. The topological polar surface area (TPSA) is 17.8 Å². The molecule has 0 atom stereocenters. The fourth-order valence-corrected chi connectivity index (χ4v) is 8.41. The summed E-state index contributed by atoms with van der Waals surface area (Å²) in [6.07, 6.45) is 3.98. The third kappa shape index (κ3) is 2.47. The molecule has 0 saturated carbocycles. The van der Waals surface area contributed by atoms with E-state index in [0.29, 0.717) is 0 Å². The van der Waals surface area contributed by atoms with Crippen molar-refractivity contribution < 1.29 is 0 Å². The number of nitrogens with zero attached hydrogens (tertiary/aromatic N) is 2. The Morgan fingerprint density at radius 2 is 1.25 bits per heavy atom. The van der Waals surface area contributed by atoms with Crippen LogP contribution in [-0.2, 0) is 0 Å². The van der Waals surface area contributed by atoms with Crippen molar-refractivity contribution in [3.63, 3.8) is 0 Å². The molecule has 3 heterocycles. The summed E-state index contributed by atoms with van der Waals surface area (Å²) in [6.45, 7) is 0. The maximum atomic E-state index is 4.57. The van der Waals surface area contributed by atoms with Gasteiger partial charge in [0, 0.05) is 54.1 Å². The number of pyridine rings is 1. The average Bonchev–Trinajstić information content (AvgIpc) is 3.57. The van der Waals surface area contributed by atoms with Crippen LogP contribution in [0.15, 0.2) is 122 Å². The van der Waals surface area contributed by atoms with E-state index in [9.17, 15) is 0 Å². The molecule has 3 heteroatoms. The lowest BCUT2D eigenvalue weighted by Crippen LogP contribution is -1.97. The van der Waals surface area contributed by atoms with Crippen LogP contribution < -0.4 is 0 Å². The van der Waals surface area contributed by atoms with Gasteiger partial charge in [-0.3, -0.25) is 4.98 Å². The Morgan fingerprint density at radius 1 is 0.500 bits per heavy atom. The number of para-hydroxylation sites is 1. The third-order valence-corrected chi connectivity index (χ3v) is 9.99. The SMILES string of the molecule is c1cc2ccc3ccc(-n4c5ccccc5c5c6ccncc6c6sc7ccccc7c6c54)c4ccc(c1)c2c34. The van der Waals surface area contributed by atoms with Crippen molar-refractivity contribution in [3.8, 4) is 5.69 Å². The summed E-state index contributed by atoms with van der Waals surface area (Å²) in [7, 11) is 0. The van der Waals surface area contributed by atoms with Gasteiger partial charge in [0.25, 0.3) is 0 Å². The van der Waals surface area contributed by atoms with Crippen LogP contribution in [-0.4, -0.2) is 9.55 Å². The van der Waals surface area contributed by atoms with Gasteiger partial charge in [0.2, 0.25) is 0 Å². The second-order valence-corrected chi connectivity index (χ2v) is 11.8. The highest BCUT2D eigenvalue weighted by atomic mass is 32.1. The molecule has 40 heavy (non-hydrogen) atoms. The lowest BCUT2D eigenvalue weighted by molar-refractivity contribution is 1.21. The maximum absolute atomic E-state index is 4.57. The van der Waals surface area contributed by atoms with Crippen molar-refractivity contribution >= 4 is 96.4 Å². The number of rotatable bonds is 1. The molecule has 0 bridgehead atoms. The zero-order valence-electron chi connectivity index (χ0n) is 21.3. The van der Waals surface area contributed by atoms with Gasteiger partial charge < -0.3 is 4.57 Å². The second kappa shape index (κ2) is 7.35. The molecule has 10 rings (SSSR count). The minimum Gasteiger partial charge on any atom is -0.308 e. The Hall–Kier alpha value is -4.99. The van der Waals surface area contributed by atoms with Gasteiger partial charge >= 0.3 is 0 Å². The molecule has 0 aliphatic carbocycles. The molecule has 0 radical (unpaired) electrons. The summed E-state index contributed by atoms with van der Waals surface area (Å²) in [5.74, 6) is 0. The predicted molar refractivity (Wildman–Crippen MR) is 173 cm³/mol.